The Labute approximate surface area is 148 Å². The van der Waals surface area contributed by atoms with Gasteiger partial charge in [-0.3, -0.25) is 0 Å². The average Bonchev–Trinajstić information content (AvgIpc) is 3.13. The lowest BCUT2D eigenvalue weighted by molar-refractivity contribution is 0.0420. The first-order valence-electron chi connectivity index (χ1n) is 8.82. The molecule has 2 rings (SSSR count). The average molecular weight is 353 g/mol. The second-order valence-corrected chi connectivity index (χ2v) is 5.92. The summed E-state index contributed by atoms with van der Waals surface area (Å²) in [6, 6.07) is 4.68. The molecule has 1 atom stereocenters. The van der Waals surface area contributed by atoms with Gasteiger partial charge in [0, 0.05) is 31.9 Å². The summed E-state index contributed by atoms with van der Waals surface area (Å²) in [6.45, 7) is 5.80. The molecular formula is C18H28FN3O3. The molecule has 6 nitrogen and oxygen atoms in total. The Kier molecular flexibility index (Phi) is 8.65. The lowest BCUT2D eigenvalue weighted by Gasteiger charge is -2.13. The van der Waals surface area contributed by atoms with Gasteiger partial charge < -0.3 is 25.2 Å². The van der Waals surface area contributed by atoms with Crippen molar-refractivity contribution < 1.29 is 19.0 Å². The Morgan fingerprint density at radius 2 is 2.32 bits per heavy atom. The molecule has 0 radical (unpaired) electrons. The van der Waals surface area contributed by atoms with Crippen LogP contribution in [0.5, 0.6) is 0 Å². The number of ether oxygens (including phenoxy) is 2. The summed E-state index contributed by atoms with van der Waals surface area (Å²) in [4.78, 5) is 4.49. The quantitative estimate of drug-likeness (QED) is 0.357. The molecule has 1 aromatic carbocycles. The van der Waals surface area contributed by atoms with Crippen LogP contribution >= 0.6 is 0 Å². The van der Waals surface area contributed by atoms with Gasteiger partial charge in [0.1, 0.15) is 5.82 Å². The van der Waals surface area contributed by atoms with E-state index in [1.807, 2.05) is 6.92 Å². The lowest BCUT2D eigenvalue weighted by Crippen LogP contribution is -2.38. The van der Waals surface area contributed by atoms with Crippen LogP contribution in [0.4, 0.5) is 4.39 Å². The number of aliphatic imine (C=N–C) groups is 1. The fourth-order valence-corrected chi connectivity index (χ4v) is 2.53. The maximum atomic E-state index is 13.4. The van der Waals surface area contributed by atoms with Gasteiger partial charge in [0.25, 0.3) is 0 Å². The monoisotopic (exact) mass is 353 g/mol. The van der Waals surface area contributed by atoms with E-state index in [0.717, 1.165) is 38.1 Å². The van der Waals surface area contributed by atoms with E-state index in [1.165, 1.54) is 6.07 Å². The number of aliphatic hydroxyl groups excluding tert-OH is 1. The number of guanidine groups is 1. The van der Waals surface area contributed by atoms with Crippen molar-refractivity contribution in [2.24, 2.45) is 4.99 Å². The van der Waals surface area contributed by atoms with Crippen molar-refractivity contribution in [2.75, 3.05) is 32.9 Å². The summed E-state index contributed by atoms with van der Waals surface area (Å²) in [5.74, 6) is 0.314. The molecule has 0 aromatic heterocycles. The van der Waals surface area contributed by atoms with E-state index in [9.17, 15) is 4.39 Å². The predicted molar refractivity (Wildman–Crippen MR) is 94.9 cm³/mol. The van der Waals surface area contributed by atoms with Gasteiger partial charge in [-0.2, -0.15) is 0 Å². The van der Waals surface area contributed by atoms with Gasteiger partial charge in [-0.25, -0.2) is 9.38 Å². The summed E-state index contributed by atoms with van der Waals surface area (Å²) in [7, 11) is 0. The number of nitrogens with one attached hydrogen (secondary N) is 2. The van der Waals surface area contributed by atoms with Crippen LogP contribution in [-0.4, -0.2) is 50.1 Å². The molecule has 3 N–H and O–H groups in total. The first-order chi connectivity index (χ1) is 12.2. The molecule has 0 aliphatic carbocycles. The maximum Gasteiger partial charge on any atom is 0.191 e. The van der Waals surface area contributed by atoms with Gasteiger partial charge in [0.2, 0.25) is 0 Å². The number of hydrogen-bond donors (Lipinski definition) is 3. The van der Waals surface area contributed by atoms with Gasteiger partial charge in [-0.05, 0) is 37.5 Å². The van der Waals surface area contributed by atoms with Crippen LogP contribution < -0.4 is 10.6 Å². The highest BCUT2D eigenvalue weighted by Crippen LogP contribution is 2.11. The van der Waals surface area contributed by atoms with Gasteiger partial charge >= 0.3 is 0 Å². The van der Waals surface area contributed by atoms with E-state index in [0.29, 0.717) is 31.3 Å². The number of aliphatic hydroxyl groups is 1. The minimum atomic E-state index is -0.395. The molecule has 1 aliphatic rings. The fourth-order valence-electron chi connectivity index (χ4n) is 2.53. The van der Waals surface area contributed by atoms with Crippen LogP contribution in [-0.2, 0) is 22.6 Å². The Morgan fingerprint density at radius 1 is 1.44 bits per heavy atom. The molecule has 0 bridgehead atoms. The highest BCUT2D eigenvalue weighted by Gasteiger charge is 2.15. The summed E-state index contributed by atoms with van der Waals surface area (Å²) in [6.07, 6.45) is 2.10. The third-order valence-electron chi connectivity index (χ3n) is 3.90. The first-order valence-corrected chi connectivity index (χ1v) is 8.82. The molecule has 1 aliphatic heterocycles. The van der Waals surface area contributed by atoms with E-state index >= 15 is 0 Å². The molecule has 1 unspecified atom stereocenters. The summed E-state index contributed by atoms with van der Waals surface area (Å²) in [5, 5.41) is 15.6. The maximum absolute atomic E-state index is 13.4. The molecule has 1 saturated heterocycles. The zero-order valence-corrected chi connectivity index (χ0v) is 14.8. The predicted octanol–water partition coefficient (Wildman–Crippen LogP) is 1.57. The van der Waals surface area contributed by atoms with Crippen molar-refractivity contribution >= 4 is 5.96 Å². The highest BCUT2D eigenvalue weighted by atomic mass is 19.1. The number of rotatable bonds is 9. The molecule has 140 valence electrons. The normalized spacial score (nSPS) is 17.7. The summed E-state index contributed by atoms with van der Waals surface area (Å²) < 4.78 is 24.4. The smallest absolute Gasteiger partial charge is 0.191 e. The van der Waals surface area contributed by atoms with Crippen LogP contribution in [0.1, 0.15) is 30.9 Å². The van der Waals surface area contributed by atoms with Gasteiger partial charge in [-0.1, -0.05) is 6.07 Å². The fraction of sp³-hybridized carbons (Fsp3) is 0.611. The first kappa shape index (κ1) is 19.6. The molecule has 0 spiro atoms. The van der Waals surface area contributed by atoms with Crippen molar-refractivity contribution in [3.05, 3.63) is 35.1 Å². The van der Waals surface area contributed by atoms with E-state index in [1.54, 1.807) is 12.1 Å². The highest BCUT2D eigenvalue weighted by molar-refractivity contribution is 5.79. The summed E-state index contributed by atoms with van der Waals surface area (Å²) in [5.41, 5.74) is 1.14. The Morgan fingerprint density at radius 3 is 3.04 bits per heavy atom. The van der Waals surface area contributed by atoms with Crippen molar-refractivity contribution in [2.45, 2.75) is 39.0 Å². The molecule has 7 heteroatoms. The largest absolute Gasteiger partial charge is 0.392 e. The van der Waals surface area contributed by atoms with Crippen LogP contribution in [0, 0.1) is 5.82 Å². The van der Waals surface area contributed by atoms with Crippen molar-refractivity contribution in [3.8, 4) is 0 Å². The second kappa shape index (κ2) is 11.0. The van der Waals surface area contributed by atoms with Gasteiger partial charge in [-0.15, -0.1) is 0 Å². The zero-order valence-electron chi connectivity index (χ0n) is 14.8. The minimum Gasteiger partial charge on any atom is -0.392 e. The van der Waals surface area contributed by atoms with E-state index < -0.39 is 5.82 Å². The lowest BCUT2D eigenvalue weighted by atomic mass is 10.1. The van der Waals surface area contributed by atoms with E-state index in [2.05, 4.69) is 15.6 Å². The van der Waals surface area contributed by atoms with Crippen molar-refractivity contribution in [1.82, 2.24) is 10.6 Å². The Bertz CT molecular complexity index is 548. The molecule has 1 heterocycles. The SMILES string of the molecule is CCNC(=NCc1ccc(F)c(CO)c1)NCCCOC1CCOC1. The van der Waals surface area contributed by atoms with Gasteiger partial charge in [0.05, 0.1) is 25.9 Å². The number of hydrogen-bond acceptors (Lipinski definition) is 4. The second-order valence-electron chi connectivity index (χ2n) is 5.92. The Hall–Kier alpha value is -1.70. The Balaban J connectivity index is 1.75. The zero-order chi connectivity index (χ0) is 17.9. The van der Waals surface area contributed by atoms with Crippen LogP contribution in [0.2, 0.25) is 0 Å². The van der Waals surface area contributed by atoms with Crippen LogP contribution in [0.25, 0.3) is 0 Å². The van der Waals surface area contributed by atoms with E-state index in [-0.39, 0.29) is 12.7 Å². The van der Waals surface area contributed by atoms with Crippen molar-refractivity contribution in [1.29, 1.82) is 0 Å². The molecule has 0 amide bonds. The number of halogens is 1. The van der Waals surface area contributed by atoms with E-state index in [4.69, 9.17) is 14.6 Å². The number of nitrogens with zero attached hydrogens (tertiary/aromatic N) is 1. The number of benzene rings is 1. The standard InChI is InChI=1S/C18H28FN3O3/c1-2-20-18(21-7-3-8-25-16-6-9-24-13-16)22-11-14-4-5-17(19)15(10-14)12-23/h4-5,10,16,23H,2-3,6-9,11-13H2,1H3,(H2,20,21,22). The minimum absolute atomic E-state index is 0.237. The van der Waals surface area contributed by atoms with Gasteiger partial charge in [0.15, 0.2) is 5.96 Å². The third kappa shape index (κ3) is 6.97. The molecule has 0 saturated carbocycles. The molecule has 25 heavy (non-hydrogen) atoms. The topological polar surface area (TPSA) is 75.1 Å². The van der Waals surface area contributed by atoms with Crippen LogP contribution in [0.3, 0.4) is 0 Å². The molecular weight excluding hydrogens is 325 g/mol. The summed E-state index contributed by atoms with van der Waals surface area (Å²) >= 11 is 0. The molecule has 1 fully saturated rings. The third-order valence-corrected chi connectivity index (χ3v) is 3.90. The molecule has 1 aromatic rings. The van der Waals surface area contributed by atoms with Crippen LogP contribution in [0.15, 0.2) is 23.2 Å². The van der Waals surface area contributed by atoms with Crippen molar-refractivity contribution in [3.63, 3.8) is 0 Å².